The van der Waals surface area contributed by atoms with Crippen LogP contribution in [0.25, 0.3) is 0 Å². The quantitative estimate of drug-likeness (QED) is 0.601. The summed E-state index contributed by atoms with van der Waals surface area (Å²) in [6, 6.07) is 7.86. The lowest BCUT2D eigenvalue weighted by molar-refractivity contribution is -0.148. The number of hydrogen-bond acceptors (Lipinski definition) is 6. The molecule has 7 nitrogen and oxygen atoms in total. The van der Waals surface area contributed by atoms with E-state index in [1.807, 2.05) is 6.92 Å². The summed E-state index contributed by atoms with van der Waals surface area (Å²) < 4.78 is 10.8. The Morgan fingerprint density at radius 2 is 1.94 bits per heavy atom. The third kappa shape index (κ3) is 5.39. The van der Waals surface area contributed by atoms with Crippen molar-refractivity contribution in [2.45, 2.75) is 58.5 Å². The first-order valence-electron chi connectivity index (χ1n) is 11.1. The molecule has 7 heteroatoms. The number of pyridine rings is 1. The second kappa shape index (κ2) is 10.5. The first-order valence-corrected chi connectivity index (χ1v) is 11.1. The molecule has 1 heterocycles. The van der Waals surface area contributed by atoms with E-state index in [1.165, 1.54) is 48.9 Å². The SMILES string of the molecule is COc1ccnc(C(=O)NCC(=O)OC(C)C(c2ccc(C)cc2C)C2CCCC2)c1O. The minimum atomic E-state index is -0.673. The molecule has 1 aliphatic carbocycles. The first kappa shape index (κ1) is 23.6. The zero-order valence-corrected chi connectivity index (χ0v) is 19.2. The van der Waals surface area contributed by atoms with Crippen LogP contribution in [-0.4, -0.2) is 41.7 Å². The van der Waals surface area contributed by atoms with Crippen LogP contribution in [0.3, 0.4) is 0 Å². The lowest BCUT2D eigenvalue weighted by atomic mass is 9.79. The normalized spacial score (nSPS) is 15.8. The summed E-state index contributed by atoms with van der Waals surface area (Å²) in [5.74, 6) is -0.859. The van der Waals surface area contributed by atoms with E-state index < -0.39 is 11.9 Å². The third-order valence-electron chi connectivity index (χ3n) is 6.23. The van der Waals surface area contributed by atoms with Gasteiger partial charge in [0.05, 0.1) is 7.11 Å². The maximum Gasteiger partial charge on any atom is 0.325 e. The van der Waals surface area contributed by atoms with Gasteiger partial charge < -0.3 is 19.9 Å². The number of nitrogens with one attached hydrogen (secondary N) is 1. The Morgan fingerprint density at radius 3 is 2.59 bits per heavy atom. The van der Waals surface area contributed by atoms with Crippen molar-refractivity contribution in [3.05, 3.63) is 52.8 Å². The second-order valence-corrected chi connectivity index (χ2v) is 8.52. The van der Waals surface area contributed by atoms with E-state index in [0.717, 1.165) is 12.8 Å². The second-order valence-electron chi connectivity index (χ2n) is 8.52. The average Bonchev–Trinajstić information content (AvgIpc) is 3.28. The van der Waals surface area contributed by atoms with Gasteiger partial charge in [-0.05, 0) is 50.7 Å². The number of carbonyl (C=O) groups excluding carboxylic acids is 2. The number of esters is 1. The van der Waals surface area contributed by atoms with E-state index in [9.17, 15) is 14.7 Å². The Morgan fingerprint density at radius 1 is 1.22 bits per heavy atom. The molecule has 0 spiro atoms. The van der Waals surface area contributed by atoms with Crippen LogP contribution in [0.1, 0.15) is 65.7 Å². The lowest BCUT2D eigenvalue weighted by Gasteiger charge is -2.31. The maximum atomic E-state index is 12.5. The molecule has 1 aromatic heterocycles. The molecule has 2 atom stereocenters. The molecule has 32 heavy (non-hydrogen) atoms. The number of rotatable bonds is 8. The highest BCUT2D eigenvalue weighted by Crippen LogP contribution is 2.41. The number of nitrogens with zero attached hydrogens (tertiary/aromatic N) is 1. The van der Waals surface area contributed by atoms with E-state index in [-0.39, 0.29) is 35.8 Å². The number of aromatic nitrogens is 1. The molecule has 0 radical (unpaired) electrons. The van der Waals surface area contributed by atoms with Gasteiger partial charge in [-0.25, -0.2) is 4.98 Å². The number of hydrogen-bond donors (Lipinski definition) is 2. The molecule has 172 valence electrons. The van der Waals surface area contributed by atoms with Gasteiger partial charge in [-0.2, -0.15) is 0 Å². The van der Waals surface area contributed by atoms with Gasteiger partial charge in [0.1, 0.15) is 12.6 Å². The van der Waals surface area contributed by atoms with Gasteiger partial charge in [-0.1, -0.05) is 36.6 Å². The van der Waals surface area contributed by atoms with Crippen LogP contribution in [0.5, 0.6) is 11.5 Å². The highest BCUT2D eigenvalue weighted by molar-refractivity contribution is 5.97. The molecule has 1 aliphatic rings. The predicted octanol–water partition coefficient (Wildman–Crippen LogP) is 4.05. The standard InChI is InChI=1S/C25H32N2O5/c1-15-9-10-19(16(2)13-15)22(18-7-5-6-8-18)17(3)32-21(28)14-27-25(30)23-24(29)20(31-4)11-12-26-23/h9-13,17-18,22,29H,5-8,14H2,1-4H3,(H,27,30). The Hall–Kier alpha value is -3.09. The summed E-state index contributed by atoms with van der Waals surface area (Å²) in [6.07, 6.45) is 5.66. The minimum absolute atomic E-state index is 0.113. The van der Waals surface area contributed by atoms with Gasteiger partial charge in [0.15, 0.2) is 17.2 Å². The molecule has 3 rings (SSSR count). The van der Waals surface area contributed by atoms with Crippen LogP contribution < -0.4 is 10.1 Å². The molecular formula is C25H32N2O5. The van der Waals surface area contributed by atoms with Gasteiger partial charge in [-0.3, -0.25) is 9.59 Å². The summed E-state index contributed by atoms with van der Waals surface area (Å²) >= 11 is 0. The van der Waals surface area contributed by atoms with E-state index in [2.05, 4.69) is 42.3 Å². The molecule has 0 bridgehead atoms. The van der Waals surface area contributed by atoms with Gasteiger partial charge in [0.2, 0.25) is 0 Å². The van der Waals surface area contributed by atoms with Gasteiger partial charge in [-0.15, -0.1) is 0 Å². The molecule has 2 unspecified atom stereocenters. The zero-order chi connectivity index (χ0) is 23.3. The zero-order valence-electron chi connectivity index (χ0n) is 19.2. The summed E-state index contributed by atoms with van der Waals surface area (Å²) in [4.78, 5) is 28.8. The smallest absolute Gasteiger partial charge is 0.325 e. The third-order valence-corrected chi connectivity index (χ3v) is 6.23. The van der Waals surface area contributed by atoms with E-state index in [1.54, 1.807) is 0 Å². The van der Waals surface area contributed by atoms with E-state index in [4.69, 9.17) is 9.47 Å². The number of aromatic hydroxyl groups is 1. The number of amides is 1. The van der Waals surface area contributed by atoms with Crippen molar-refractivity contribution in [1.82, 2.24) is 10.3 Å². The lowest BCUT2D eigenvalue weighted by Crippen LogP contribution is -2.35. The van der Waals surface area contributed by atoms with Crippen LogP contribution in [0, 0.1) is 19.8 Å². The minimum Gasteiger partial charge on any atom is -0.503 e. The Labute approximate surface area is 189 Å². The van der Waals surface area contributed by atoms with Crippen molar-refractivity contribution in [1.29, 1.82) is 0 Å². The fourth-order valence-electron chi connectivity index (χ4n) is 4.73. The van der Waals surface area contributed by atoms with Crippen LogP contribution in [0.2, 0.25) is 0 Å². The van der Waals surface area contributed by atoms with Crippen molar-refractivity contribution in [3.63, 3.8) is 0 Å². The van der Waals surface area contributed by atoms with Crippen LogP contribution in [-0.2, 0) is 9.53 Å². The van der Waals surface area contributed by atoms with Gasteiger partial charge >= 0.3 is 5.97 Å². The Bertz CT molecular complexity index is 969. The monoisotopic (exact) mass is 440 g/mol. The highest BCUT2D eigenvalue weighted by atomic mass is 16.5. The predicted molar refractivity (Wildman–Crippen MR) is 121 cm³/mol. The summed E-state index contributed by atoms with van der Waals surface area (Å²) in [5.41, 5.74) is 3.43. The average molecular weight is 441 g/mol. The molecule has 1 saturated carbocycles. The highest BCUT2D eigenvalue weighted by Gasteiger charge is 2.33. The molecule has 0 saturated heterocycles. The molecule has 0 aliphatic heterocycles. The van der Waals surface area contributed by atoms with Crippen LogP contribution in [0.15, 0.2) is 30.5 Å². The van der Waals surface area contributed by atoms with Crippen molar-refractivity contribution in [3.8, 4) is 11.5 Å². The number of aryl methyl sites for hydroxylation is 2. The van der Waals surface area contributed by atoms with Crippen LogP contribution in [0.4, 0.5) is 0 Å². The number of carbonyl (C=O) groups is 2. The summed E-state index contributed by atoms with van der Waals surface area (Å²) in [6.45, 7) is 5.79. The molecule has 1 amide bonds. The molecule has 2 aromatic rings. The maximum absolute atomic E-state index is 12.5. The number of methoxy groups -OCH3 is 1. The van der Waals surface area contributed by atoms with Crippen molar-refractivity contribution in [2.24, 2.45) is 5.92 Å². The van der Waals surface area contributed by atoms with Gasteiger partial charge in [0.25, 0.3) is 5.91 Å². The first-order chi connectivity index (χ1) is 15.3. The molecular weight excluding hydrogens is 408 g/mol. The largest absolute Gasteiger partial charge is 0.503 e. The van der Waals surface area contributed by atoms with Gasteiger partial charge in [0, 0.05) is 18.2 Å². The molecule has 2 N–H and O–H groups in total. The molecule has 1 fully saturated rings. The van der Waals surface area contributed by atoms with Crippen molar-refractivity contribution in [2.75, 3.05) is 13.7 Å². The van der Waals surface area contributed by atoms with Crippen molar-refractivity contribution >= 4 is 11.9 Å². The fraction of sp³-hybridized carbons (Fsp3) is 0.480. The number of benzene rings is 1. The fourth-order valence-corrected chi connectivity index (χ4v) is 4.73. The summed E-state index contributed by atoms with van der Waals surface area (Å²) in [7, 11) is 1.38. The Kier molecular flexibility index (Phi) is 7.72. The van der Waals surface area contributed by atoms with E-state index in [0.29, 0.717) is 5.92 Å². The van der Waals surface area contributed by atoms with Crippen molar-refractivity contribution < 1.29 is 24.2 Å². The number of ether oxygens (including phenoxy) is 2. The van der Waals surface area contributed by atoms with E-state index >= 15 is 0 Å². The topological polar surface area (TPSA) is 97.8 Å². The van der Waals surface area contributed by atoms with Crippen LogP contribution >= 0.6 is 0 Å². The Balaban J connectivity index is 1.66. The molecule has 1 aromatic carbocycles. The summed E-state index contributed by atoms with van der Waals surface area (Å²) in [5, 5.41) is 12.5.